The number of imidazole rings is 1. The van der Waals surface area contributed by atoms with Crippen molar-refractivity contribution in [3.05, 3.63) is 81.7 Å². The summed E-state index contributed by atoms with van der Waals surface area (Å²) < 4.78 is 0. The van der Waals surface area contributed by atoms with E-state index in [2.05, 4.69) is 16.5 Å². The van der Waals surface area contributed by atoms with Gasteiger partial charge < -0.3 is 9.88 Å². The van der Waals surface area contributed by atoms with Crippen LogP contribution in [-0.2, 0) is 0 Å². The topological polar surface area (TPSA) is 61.9 Å². The van der Waals surface area contributed by atoms with Crippen molar-refractivity contribution >= 4 is 39.9 Å². The van der Waals surface area contributed by atoms with Crippen molar-refractivity contribution in [3.63, 3.8) is 0 Å². The number of hydrogen-bond donors (Lipinski definition) is 1. The Bertz CT molecular complexity index is 1320. The highest BCUT2D eigenvalue weighted by Crippen LogP contribution is 2.38. The molecule has 1 aliphatic rings. The Kier molecular flexibility index (Phi) is 4.91. The highest BCUT2D eigenvalue weighted by atomic mass is 35.5. The molecule has 0 aliphatic carbocycles. The predicted octanol–water partition coefficient (Wildman–Crippen LogP) is 6.10. The third-order valence-corrected chi connectivity index (χ3v) is 7.09. The smallest absolute Gasteiger partial charge is 0.274 e. The van der Waals surface area contributed by atoms with Crippen LogP contribution in [0.4, 0.5) is 0 Å². The lowest BCUT2D eigenvalue weighted by molar-refractivity contribution is 0.0728. The van der Waals surface area contributed by atoms with Crippen LogP contribution in [0, 0.1) is 13.8 Å². The minimum atomic E-state index is -0.212. The van der Waals surface area contributed by atoms with Crippen molar-refractivity contribution in [2.24, 2.45) is 0 Å². The number of rotatable bonds is 3. The van der Waals surface area contributed by atoms with Crippen LogP contribution in [0.1, 0.15) is 39.3 Å². The molecule has 0 radical (unpaired) electrons. The van der Waals surface area contributed by atoms with E-state index in [9.17, 15) is 4.79 Å². The van der Waals surface area contributed by atoms with Gasteiger partial charge in [-0.25, -0.2) is 9.97 Å². The van der Waals surface area contributed by atoms with Crippen molar-refractivity contribution < 1.29 is 4.79 Å². The van der Waals surface area contributed by atoms with Crippen LogP contribution in [0.25, 0.3) is 21.5 Å². The number of halogens is 1. The number of aryl methyl sites for hydroxylation is 2. The molecule has 0 spiro atoms. The van der Waals surface area contributed by atoms with E-state index in [0.717, 1.165) is 43.4 Å². The molecule has 5 nitrogen and oxygen atoms in total. The number of nitrogens with zero attached hydrogens (tertiary/aromatic N) is 3. The highest BCUT2D eigenvalue weighted by molar-refractivity contribution is 7.15. The molecule has 5 rings (SSSR count). The van der Waals surface area contributed by atoms with E-state index < -0.39 is 0 Å². The van der Waals surface area contributed by atoms with Gasteiger partial charge in [0.25, 0.3) is 5.91 Å². The average molecular weight is 449 g/mol. The molecule has 3 heterocycles. The second-order valence-corrected chi connectivity index (χ2v) is 9.48. The van der Waals surface area contributed by atoms with Gasteiger partial charge in [-0.05, 0) is 43.5 Å². The summed E-state index contributed by atoms with van der Waals surface area (Å²) in [6.45, 7) is 8.53. The largest absolute Gasteiger partial charge is 0.340 e. The molecule has 4 aromatic rings. The number of amides is 1. The Labute approximate surface area is 189 Å². The van der Waals surface area contributed by atoms with Crippen LogP contribution < -0.4 is 0 Å². The van der Waals surface area contributed by atoms with Crippen LogP contribution in [0.15, 0.2) is 54.6 Å². The lowest BCUT2D eigenvalue weighted by atomic mass is 10.1. The second kappa shape index (κ2) is 7.62. The molecule has 1 amide bonds. The van der Waals surface area contributed by atoms with E-state index in [0.29, 0.717) is 23.7 Å². The highest BCUT2D eigenvalue weighted by Gasteiger charge is 2.36. The number of carbonyl (C=O) groups is 1. The fourth-order valence-corrected chi connectivity index (χ4v) is 5.18. The molecule has 0 saturated carbocycles. The number of hydrogen-bond acceptors (Lipinski definition) is 4. The zero-order valence-corrected chi connectivity index (χ0v) is 18.8. The maximum absolute atomic E-state index is 13.7. The Morgan fingerprint density at radius 2 is 1.97 bits per heavy atom. The summed E-state index contributed by atoms with van der Waals surface area (Å²) in [6, 6.07) is 13.5. The van der Waals surface area contributed by atoms with Gasteiger partial charge in [0.1, 0.15) is 11.5 Å². The molecule has 1 aliphatic heterocycles. The van der Waals surface area contributed by atoms with Gasteiger partial charge in [-0.3, -0.25) is 4.79 Å². The van der Waals surface area contributed by atoms with E-state index in [4.69, 9.17) is 16.6 Å². The minimum absolute atomic E-state index is 0.0953. The first-order valence-corrected chi connectivity index (χ1v) is 11.3. The molecule has 1 N–H and O–H groups in total. The average Bonchev–Trinajstić information content (AvgIpc) is 3.47. The molecule has 1 fully saturated rings. The molecule has 0 bridgehead atoms. The first-order valence-electron chi connectivity index (χ1n) is 10.1. The number of carbonyl (C=O) groups excluding carboxylic acids is 1. The molecule has 7 heteroatoms. The minimum Gasteiger partial charge on any atom is -0.340 e. The number of H-pyrrole nitrogens is 1. The third kappa shape index (κ3) is 3.46. The SMILES string of the molecule is C=C1CC(c2nc3c(C)c(Cl)ccc3[nH]2)N(C(=O)c2nc(C)sc2-c2ccccc2)C1. The van der Waals surface area contributed by atoms with E-state index in [-0.39, 0.29) is 11.9 Å². The van der Waals surface area contributed by atoms with E-state index in [1.165, 1.54) is 0 Å². The van der Waals surface area contributed by atoms with Crippen LogP contribution in [-0.4, -0.2) is 32.3 Å². The van der Waals surface area contributed by atoms with Gasteiger partial charge >= 0.3 is 0 Å². The number of thiazole rings is 1. The van der Waals surface area contributed by atoms with Gasteiger partial charge in [-0.15, -0.1) is 11.3 Å². The summed E-state index contributed by atoms with van der Waals surface area (Å²) in [4.78, 5) is 29.2. The summed E-state index contributed by atoms with van der Waals surface area (Å²) in [6.07, 6.45) is 0.669. The summed E-state index contributed by atoms with van der Waals surface area (Å²) >= 11 is 7.82. The van der Waals surface area contributed by atoms with Crippen LogP contribution >= 0.6 is 22.9 Å². The number of likely N-dealkylation sites (tertiary alicyclic amines) is 1. The van der Waals surface area contributed by atoms with Crippen molar-refractivity contribution in [1.82, 2.24) is 19.9 Å². The maximum atomic E-state index is 13.7. The van der Waals surface area contributed by atoms with Crippen molar-refractivity contribution in [1.29, 1.82) is 0 Å². The zero-order valence-electron chi connectivity index (χ0n) is 17.3. The fourth-order valence-electron chi connectivity index (χ4n) is 4.11. The second-order valence-electron chi connectivity index (χ2n) is 7.87. The summed E-state index contributed by atoms with van der Waals surface area (Å²) in [7, 11) is 0. The standard InChI is InChI=1S/C24H21ClN4OS/c1-13-11-19(23-27-18-10-9-17(25)14(2)20(18)28-23)29(12-13)24(30)21-22(31-15(3)26-21)16-7-5-4-6-8-16/h4-10,19H,1,11-12H2,2-3H3,(H,27,28). The zero-order chi connectivity index (χ0) is 21.7. The molecule has 1 saturated heterocycles. The first-order chi connectivity index (χ1) is 14.9. The van der Waals surface area contributed by atoms with Gasteiger partial charge in [-0.1, -0.05) is 54.1 Å². The van der Waals surface area contributed by atoms with E-state index in [1.807, 2.05) is 61.2 Å². The van der Waals surface area contributed by atoms with Gasteiger partial charge in [0, 0.05) is 11.6 Å². The number of benzene rings is 2. The summed E-state index contributed by atoms with van der Waals surface area (Å²) in [5.41, 5.74) is 5.17. The molecule has 1 atom stereocenters. The molecule has 31 heavy (non-hydrogen) atoms. The Morgan fingerprint density at radius 1 is 1.19 bits per heavy atom. The van der Waals surface area contributed by atoms with Crippen LogP contribution in [0.2, 0.25) is 5.02 Å². The predicted molar refractivity (Wildman–Crippen MR) is 126 cm³/mol. The van der Waals surface area contributed by atoms with E-state index in [1.54, 1.807) is 11.3 Å². The molecular weight excluding hydrogens is 428 g/mol. The van der Waals surface area contributed by atoms with Crippen LogP contribution in [0.3, 0.4) is 0 Å². The molecular formula is C24H21ClN4OS. The van der Waals surface area contributed by atoms with Crippen molar-refractivity contribution in [2.45, 2.75) is 26.3 Å². The van der Waals surface area contributed by atoms with Crippen molar-refractivity contribution in [3.8, 4) is 10.4 Å². The molecule has 2 aromatic carbocycles. The number of nitrogens with one attached hydrogen (secondary N) is 1. The molecule has 2 aromatic heterocycles. The number of aromatic nitrogens is 3. The lowest BCUT2D eigenvalue weighted by Crippen LogP contribution is -2.31. The monoisotopic (exact) mass is 448 g/mol. The van der Waals surface area contributed by atoms with Gasteiger partial charge in [0.05, 0.1) is 27.0 Å². The maximum Gasteiger partial charge on any atom is 0.274 e. The normalized spacial score (nSPS) is 16.4. The Balaban J connectivity index is 1.55. The van der Waals surface area contributed by atoms with Crippen LogP contribution in [0.5, 0.6) is 0 Å². The molecule has 1 unspecified atom stereocenters. The summed E-state index contributed by atoms with van der Waals surface area (Å²) in [5, 5.41) is 1.55. The summed E-state index contributed by atoms with van der Waals surface area (Å²) in [5.74, 6) is 0.655. The Morgan fingerprint density at radius 3 is 2.74 bits per heavy atom. The first kappa shape index (κ1) is 20.0. The van der Waals surface area contributed by atoms with Gasteiger partial charge in [-0.2, -0.15) is 0 Å². The quantitative estimate of drug-likeness (QED) is 0.385. The Hall–Kier alpha value is -2.96. The third-order valence-electron chi connectivity index (χ3n) is 5.66. The van der Waals surface area contributed by atoms with Crippen molar-refractivity contribution in [2.75, 3.05) is 6.54 Å². The van der Waals surface area contributed by atoms with Gasteiger partial charge in [0.2, 0.25) is 0 Å². The van der Waals surface area contributed by atoms with E-state index >= 15 is 0 Å². The lowest BCUT2D eigenvalue weighted by Gasteiger charge is -2.22. The number of fused-ring (bicyclic) bond motifs is 1. The molecule has 156 valence electrons. The number of aromatic amines is 1. The van der Waals surface area contributed by atoms with Gasteiger partial charge in [0.15, 0.2) is 0 Å². The fraction of sp³-hybridized carbons (Fsp3) is 0.208.